The Hall–Kier alpha value is -6.94. The molecule has 0 fully saturated rings. The Morgan fingerprint density at radius 1 is 0.382 bits per heavy atom. The van der Waals surface area contributed by atoms with E-state index in [1.54, 1.807) is 0 Å². The number of nitrogens with zero attached hydrogens (tertiary/aromatic N) is 1. The van der Waals surface area contributed by atoms with E-state index in [4.69, 9.17) is 4.42 Å². The van der Waals surface area contributed by atoms with Gasteiger partial charge >= 0.3 is 0 Å². The number of hydrogen-bond donors (Lipinski definition) is 0. The Morgan fingerprint density at radius 3 is 1.96 bits per heavy atom. The molecule has 2 heterocycles. The fraction of sp³-hybridized carbons (Fsp3) is 0. The molecule has 0 aliphatic carbocycles. The van der Waals surface area contributed by atoms with Crippen LogP contribution < -0.4 is 4.90 Å². The minimum Gasteiger partial charge on any atom is -0.454 e. The normalized spacial score (nSPS) is 11.6. The first-order chi connectivity index (χ1) is 27.3. The van der Waals surface area contributed by atoms with Crippen molar-refractivity contribution >= 4 is 81.3 Å². The summed E-state index contributed by atoms with van der Waals surface area (Å²) < 4.78 is 9.29. The van der Waals surface area contributed by atoms with Crippen LogP contribution in [0.5, 0.6) is 0 Å². The second-order valence-electron chi connectivity index (χ2n) is 14.1. The number of fused-ring (bicyclic) bond motifs is 7. The average molecular weight is 720 g/mol. The number of hydrogen-bond acceptors (Lipinski definition) is 3. The zero-order valence-electron chi connectivity index (χ0n) is 29.8. The van der Waals surface area contributed by atoms with Gasteiger partial charge in [0.15, 0.2) is 5.58 Å². The van der Waals surface area contributed by atoms with Crippen molar-refractivity contribution in [3.63, 3.8) is 0 Å². The number of anilines is 3. The van der Waals surface area contributed by atoms with E-state index < -0.39 is 0 Å². The van der Waals surface area contributed by atoms with Crippen LogP contribution in [0.15, 0.2) is 205 Å². The predicted molar refractivity (Wildman–Crippen MR) is 235 cm³/mol. The van der Waals surface area contributed by atoms with E-state index in [0.29, 0.717) is 0 Å². The third-order valence-corrected chi connectivity index (χ3v) is 12.0. The van der Waals surface area contributed by atoms with Gasteiger partial charge in [0.25, 0.3) is 0 Å². The molecule has 0 spiro atoms. The van der Waals surface area contributed by atoms with Crippen LogP contribution in [0.25, 0.3) is 86.3 Å². The number of benzene rings is 9. The van der Waals surface area contributed by atoms with Crippen molar-refractivity contribution in [2.24, 2.45) is 0 Å². The molecule has 55 heavy (non-hydrogen) atoms. The molecule has 11 aromatic rings. The molecule has 3 heteroatoms. The molecular weight excluding hydrogens is 687 g/mol. The third-order valence-electron chi connectivity index (χ3n) is 10.9. The molecule has 9 aromatic carbocycles. The topological polar surface area (TPSA) is 16.4 Å². The minimum atomic E-state index is 0.863. The largest absolute Gasteiger partial charge is 0.454 e. The fourth-order valence-electron chi connectivity index (χ4n) is 8.27. The zero-order chi connectivity index (χ0) is 36.3. The highest BCUT2D eigenvalue weighted by Crippen LogP contribution is 2.47. The van der Waals surface area contributed by atoms with Crippen LogP contribution in [0.3, 0.4) is 0 Å². The molecule has 2 aromatic heterocycles. The van der Waals surface area contributed by atoms with Gasteiger partial charge in [-0.15, -0.1) is 11.3 Å². The van der Waals surface area contributed by atoms with Gasteiger partial charge in [-0.05, 0) is 98.8 Å². The number of para-hydroxylation sites is 2. The van der Waals surface area contributed by atoms with Gasteiger partial charge in [-0.25, -0.2) is 0 Å². The molecular formula is C52H33NOS. The summed E-state index contributed by atoms with van der Waals surface area (Å²) in [7, 11) is 0. The maximum Gasteiger partial charge on any atom is 0.159 e. The van der Waals surface area contributed by atoms with E-state index in [2.05, 4.69) is 199 Å². The van der Waals surface area contributed by atoms with E-state index in [0.717, 1.165) is 39.0 Å². The standard InChI is InChI=1S/C52H33NOS/c1-2-13-36(14-3-1)41-31-30-40(33-46(41)43-18-11-23-50-51(43)45-17-7-9-22-49(45)55-50)53(47-20-10-19-44-42-16-6-8-21-48(42)54-52(44)47)39-28-26-35(27-29-39)38-25-24-34-12-4-5-15-37(34)32-38/h1-33H. The van der Waals surface area contributed by atoms with Gasteiger partial charge in [-0.3, -0.25) is 0 Å². The van der Waals surface area contributed by atoms with E-state index in [1.165, 1.54) is 64.3 Å². The molecule has 258 valence electrons. The first kappa shape index (κ1) is 31.6. The summed E-state index contributed by atoms with van der Waals surface area (Å²) in [4.78, 5) is 2.36. The van der Waals surface area contributed by atoms with Gasteiger partial charge in [0.1, 0.15) is 5.58 Å². The fourth-order valence-corrected chi connectivity index (χ4v) is 9.40. The van der Waals surface area contributed by atoms with Crippen molar-refractivity contribution in [1.29, 1.82) is 0 Å². The molecule has 0 amide bonds. The van der Waals surface area contributed by atoms with Crippen LogP contribution in [0.2, 0.25) is 0 Å². The van der Waals surface area contributed by atoms with Crippen LogP contribution >= 0.6 is 11.3 Å². The number of furan rings is 1. The highest BCUT2D eigenvalue weighted by molar-refractivity contribution is 7.25. The molecule has 0 aliphatic heterocycles. The lowest BCUT2D eigenvalue weighted by atomic mass is 9.91. The van der Waals surface area contributed by atoms with E-state index in [9.17, 15) is 0 Å². The van der Waals surface area contributed by atoms with E-state index in [-0.39, 0.29) is 0 Å². The molecule has 0 radical (unpaired) electrons. The van der Waals surface area contributed by atoms with Gasteiger partial charge < -0.3 is 9.32 Å². The highest BCUT2D eigenvalue weighted by atomic mass is 32.1. The Bertz CT molecular complexity index is 3210. The Labute approximate surface area is 322 Å². The summed E-state index contributed by atoms with van der Waals surface area (Å²) in [5, 5.41) is 7.28. The van der Waals surface area contributed by atoms with Gasteiger partial charge in [0.05, 0.1) is 5.69 Å². The molecule has 0 saturated heterocycles. The molecule has 0 unspecified atom stereocenters. The molecule has 0 bridgehead atoms. The molecule has 0 saturated carbocycles. The second-order valence-corrected chi connectivity index (χ2v) is 15.2. The molecule has 0 atom stereocenters. The monoisotopic (exact) mass is 719 g/mol. The Kier molecular flexibility index (Phi) is 7.39. The lowest BCUT2D eigenvalue weighted by molar-refractivity contribution is 0.669. The SMILES string of the molecule is c1ccc(-c2ccc(N(c3ccc(-c4ccc5ccccc5c4)cc3)c3cccc4c3oc3ccccc34)cc2-c2cccc3sc4ccccc4c23)cc1. The highest BCUT2D eigenvalue weighted by Gasteiger charge is 2.22. The summed E-state index contributed by atoms with van der Waals surface area (Å²) in [6, 6.07) is 72.2. The summed E-state index contributed by atoms with van der Waals surface area (Å²) in [6.07, 6.45) is 0. The van der Waals surface area contributed by atoms with Crippen LogP contribution in [-0.2, 0) is 0 Å². The number of thiophene rings is 1. The summed E-state index contributed by atoms with van der Waals surface area (Å²) in [6.45, 7) is 0. The van der Waals surface area contributed by atoms with Crippen molar-refractivity contribution in [3.8, 4) is 33.4 Å². The van der Waals surface area contributed by atoms with Crippen LogP contribution in [0, 0.1) is 0 Å². The Morgan fingerprint density at radius 2 is 1.07 bits per heavy atom. The molecule has 0 aliphatic rings. The number of rotatable bonds is 6. The summed E-state index contributed by atoms with van der Waals surface area (Å²) in [5.41, 5.74) is 12.0. The van der Waals surface area contributed by atoms with Crippen LogP contribution in [-0.4, -0.2) is 0 Å². The van der Waals surface area contributed by atoms with Crippen molar-refractivity contribution in [3.05, 3.63) is 200 Å². The maximum atomic E-state index is 6.70. The van der Waals surface area contributed by atoms with Crippen LogP contribution in [0.1, 0.15) is 0 Å². The van der Waals surface area contributed by atoms with E-state index in [1.807, 2.05) is 17.4 Å². The summed E-state index contributed by atoms with van der Waals surface area (Å²) >= 11 is 1.86. The van der Waals surface area contributed by atoms with Gasteiger partial charge in [-0.2, -0.15) is 0 Å². The molecule has 11 rings (SSSR count). The first-order valence-electron chi connectivity index (χ1n) is 18.7. The lowest BCUT2D eigenvalue weighted by Crippen LogP contribution is -2.10. The van der Waals surface area contributed by atoms with Gasteiger partial charge in [0, 0.05) is 42.3 Å². The quantitative estimate of drug-likeness (QED) is 0.170. The van der Waals surface area contributed by atoms with Crippen molar-refractivity contribution < 1.29 is 4.42 Å². The molecule has 2 nitrogen and oxygen atoms in total. The van der Waals surface area contributed by atoms with Gasteiger partial charge in [-0.1, -0.05) is 146 Å². The predicted octanol–water partition coefficient (Wildman–Crippen LogP) is 15.6. The Balaban J connectivity index is 1.15. The van der Waals surface area contributed by atoms with Crippen molar-refractivity contribution in [2.45, 2.75) is 0 Å². The molecule has 0 N–H and O–H groups in total. The lowest BCUT2D eigenvalue weighted by Gasteiger charge is -2.27. The maximum absolute atomic E-state index is 6.70. The first-order valence-corrected chi connectivity index (χ1v) is 19.5. The summed E-state index contributed by atoms with van der Waals surface area (Å²) in [5.74, 6) is 0. The third kappa shape index (κ3) is 5.32. The minimum absolute atomic E-state index is 0.863. The van der Waals surface area contributed by atoms with Gasteiger partial charge in [0.2, 0.25) is 0 Å². The average Bonchev–Trinajstić information content (AvgIpc) is 3.83. The second kappa shape index (κ2) is 12.9. The zero-order valence-corrected chi connectivity index (χ0v) is 30.6. The smallest absolute Gasteiger partial charge is 0.159 e. The van der Waals surface area contributed by atoms with E-state index >= 15 is 0 Å². The van der Waals surface area contributed by atoms with Crippen molar-refractivity contribution in [2.75, 3.05) is 4.90 Å². The van der Waals surface area contributed by atoms with Crippen molar-refractivity contribution in [1.82, 2.24) is 0 Å². The van der Waals surface area contributed by atoms with Crippen LogP contribution in [0.4, 0.5) is 17.1 Å².